The Bertz CT molecular complexity index is 1250. The molecule has 0 aliphatic carbocycles. The second kappa shape index (κ2) is 8.44. The third-order valence-corrected chi connectivity index (χ3v) is 7.83. The van der Waals surface area contributed by atoms with Crippen molar-refractivity contribution in [3.05, 3.63) is 36.4 Å². The fraction of sp³-hybridized carbons (Fsp3) is 0.400. The summed E-state index contributed by atoms with van der Waals surface area (Å²) >= 11 is 0. The normalized spacial score (nSPS) is 18.7. The highest BCUT2D eigenvalue weighted by Gasteiger charge is 2.33. The molecule has 0 saturated carbocycles. The van der Waals surface area contributed by atoms with E-state index in [9.17, 15) is 13.7 Å². The molecule has 3 aromatic rings. The first kappa shape index (κ1) is 20.8. The van der Waals surface area contributed by atoms with E-state index in [2.05, 4.69) is 30.9 Å². The maximum absolute atomic E-state index is 12.8. The summed E-state index contributed by atoms with van der Waals surface area (Å²) in [4.78, 5) is 18.2. The van der Waals surface area contributed by atoms with Gasteiger partial charge in [-0.15, -0.1) is 0 Å². The number of fused-ring (bicyclic) bond motifs is 1. The van der Waals surface area contributed by atoms with Crippen LogP contribution in [0, 0.1) is 11.3 Å². The summed E-state index contributed by atoms with van der Waals surface area (Å²) in [5, 5.41) is 10.0. The quantitative estimate of drug-likeness (QED) is 0.606. The van der Waals surface area contributed by atoms with Crippen molar-refractivity contribution in [2.24, 2.45) is 0 Å². The second-order valence-corrected chi connectivity index (χ2v) is 9.50. The van der Waals surface area contributed by atoms with Crippen LogP contribution in [0.5, 0.6) is 0 Å². The summed E-state index contributed by atoms with van der Waals surface area (Å²) in [6.07, 6.45) is 4.80. The number of pyridine rings is 1. The van der Waals surface area contributed by atoms with Gasteiger partial charge in [-0.05, 0) is 12.1 Å². The first-order valence-corrected chi connectivity index (χ1v) is 11.7. The summed E-state index contributed by atoms with van der Waals surface area (Å²) in [6, 6.07) is 5.97. The van der Waals surface area contributed by atoms with E-state index in [-0.39, 0.29) is 0 Å². The Balaban J connectivity index is 1.30. The number of rotatable bonds is 4. The molecule has 1 N–H and O–H groups in total. The third-order valence-electron chi connectivity index (χ3n) is 5.80. The average molecular weight is 455 g/mol. The smallest absolute Gasteiger partial charge is 0.282 e. The molecular weight excluding hydrogens is 432 g/mol. The first-order valence-electron chi connectivity index (χ1n) is 10.3. The molecule has 166 valence electrons. The summed E-state index contributed by atoms with van der Waals surface area (Å²) in [6.45, 7) is 3.61. The maximum Gasteiger partial charge on any atom is 0.282 e. The van der Waals surface area contributed by atoms with Gasteiger partial charge in [0.2, 0.25) is 0 Å². The van der Waals surface area contributed by atoms with E-state index >= 15 is 0 Å². The van der Waals surface area contributed by atoms with E-state index in [1.54, 1.807) is 12.4 Å². The number of aromatic amines is 1. The van der Waals surface area contributed by atoms with Gasteiger partial charge in [0.1, 0.15) is 23.9 Å². The third kappa shape index (κ3) is 3.69. The van der Waals surface area contributed by atoms with Gasteiger partial charge >= 0.3 is 0 Å². The number of ether oxygens (including phenoxy) is 1. The molecular formula is C20H22N8O3S. The molecule has 0 atom stereocenters. The van der Waals surface area contributed by atoms with Crippen molar-refractivity contribution in [2.75, 3.05) is 57.4 Å². The minimum Gasteiger partial charge on any atom is -0.379 e. The second-order valence-electron chi connectivity index (χ2n) is 7.57. The van der Waals surface area contributed by atoms with E-state index in [4.69, 9.17) is 4.74 Å². The predicted octanol–water partition coefficient (Wildman–Crippen LogP) is 0.591. The molecule has 0 amide bonds. The van der Waals surface area contributed by atoms with Crippen molar-refractivity contribution in [2.45, 2.75) is 0 Å². The van der Waals surface area contributed by atoms with Crippen LogP contribution < -0.4 is 4.90 Å². The van der Waals surface area contributed by atoms with Crippen LogP contribution in [-0.4, -0.2) is 89.4 Å². The summed E-state index contributed by atoms with van der Waals surface area (Å²) in [5.74, 6) is 0.775. The van der Waals surface area contributed by atoms with E-state index < -0.39 is 10.2 Å². The molecule has 32 heavy (non-hydrogen) atoms. The van der Waals surface area contributed by atoms with Gasteiger partial charge in [0.15, 0.2) is 0 Å². The van der Waals surface area contributed by atoms with Gasteiger partial charge in [-0.25, -0.2) is 15.0 Å². The monoisotopic (exact) mass is 454 g/mol. The lowest BCUT2D eigenvalue weighted by molar-refractivity contribution is 0.0700. The zero-order valence-electron chi connectivity index (χ0n) is 17.3. The molecule has 2 saturated heterocycles. The van der Waals surface area contributed by atoms with Crippen LogP contribution in [0.2, 0.25) is 0 Å². The van der Waals surface area contributed by atoms with Crippen molar-refractivity contribution in [1.82, 2.24) is 28.5 Å². The fourth-order valence-corrected chi connectivity index (χ4v) is 5.63. The molecule has 0 bridgehead atoms. The Morgan fingerprint density at radius 1 is 1.00 bits per heavy atom. The lowest BCUT2D eigenvalue weighted by Gasteiger charge is -2.38. The van der Waals surface area contributed by atoms with Crippen molar-refractivity contribution in [3.63, 3.8) is 0 Å². The van der Waals surface area contributed by atoms with Gasteiger partial charge < -0.3 is 14.6 Å². The van der Waals surface area contributed by atoms with Crippen molar-refractivity contribution >= 4 is 27.1 Å². The van der Waals surface area contributed by atoms with Crippen LogP contribution >= 0.6 is 0 Å². The van der Waals surface area contributed by atoms with Crippen LogP contribution in [0.1, 0.15) is 5.56 Å². The number of hydrogen-bond donors (Lipinski definition) is 1. The van der Waals surface area contributed by atoms with E-state index in [0.29, 0.717) is 74.8 Å². The lowest BCUT2D eigenvalue weighted by atomic mass is 10.1. The molecule has 0 aromatic carbocycles. The number of nitrogens with zero attached hydrogens (tertiary/aromatic N) is 7. The van der Waals surface area contributed by atoms with Crippen LogP contribution in [0.25, 0.3) is 22.3 Å². The molecule has 3 aromatic heterocycles. The highest BCUT2D eigenvalue weighted by atomic mass is 32.2. The lowest BCUT2D eigenvalue weighted by Crippen LogP contribution is -2.55. The van der Waals surface area contributed by atoms with Gasteiger partial charge in [0.25, 0.3) is 10.2 Å². The van der Waals surface area contributed by atoms with Gasteiger partial charge in [0, 0.05) is 57.2 Å². The van der Waals surface area contributed by atoms with Crippen molar-refractivity contribution in [3.8, 4) is 17.3 Å². The molecule has 5 rings (SSSR count). The average Bonchev–Trinajstić information content (AvgIpc) is 3.28. The van der Waals surface area contributed by atoms with Crippen molar-refractivity contribution in [1.29, 1.82) is 5.26 Å². The number of aromatic nitrogens is 4. The molecule has 11 nitrogen and oxygen atoms in total. The fourth-order valence-electron chi connectivity index (χ4n) is 4.07. The van der Waals surface area contributed by atoms with Gasteiger partial charge in [-0.1, -0.05) is 0 Å². The Hall–Kier alpha value is -3.11. The number of H-pyrrole nitrogens is 1. The molecule has 5 heterocycles. The Kier molecular flexibility index (Phi) is 5.48. The molecule has 2 aliphatic heterocycles. The summed E-state index contributed by atoms with van der Waals surface area (Å²) < 4.78 is 34.0. The number of nitrogens with one attached hydrogen (secondary N) is 1. The van der Waals surface area contributed by atoms with Crippen LogP contribution in [-0.2, 0) is 14.9 Å². The van der Waals surface area contributed by atoms with E-state index in [1.165, 1.54) is 14.9 Å². The summed E-state index contributed by atoms with van der Waals surface area (Å²) in [5.41, 5.74) is 2.52. The molecule has 0 unspecified atom stereocenters. The number of anilines is 1. The largest absolute Gasteiger partial charge is 0.379 e. The minimum absolute atomic E-state index is 0.399. The van der Waals surface area contributed by atoms with Crippen LogP contribution in [0.3, 0.4) is 0 Å². The van der Waals surface area contributed by atoms with E-state index in [1.807, 2.05) is 12.1 Å². The van der Waals surface area contributed by atoms with Crippen LogP contribution in [0.4, 0.5) is 5.82 Å². The summed E-state index contributed by atoms with van der Waals surface area (Å²) in [7, 11) is -3.46. The van der Waals surface area contributed by atoms with Gasteiger partial charge in [-0.2, -0.15) is 22.3 Å². The maximum atomic E-state index is 12.8. The zero-order chi connectivity index (χ0) is 22.1. The molecule has 2 aliphatic rings. The first-order chi connectivity index (χ1) is 15.6. The number of hydrogen-bond acceptors (Lipinski definition) is 8. The Labute approximate surface area is 185 Å². The van der Waals surface area contributed by atoms with Crippen LogP contribution in [0.15, 0.2) is 30.9 Å². The van der Waals surface area contributed by atoms with Gasteiger partial charge in [-0.3, -0.25) is 0 Å². The number of piperazine rings is 1. The molecule has 2 fully saturated rings. The SMILES string of the molecule is N#Cc1c[nH]c2ncnc(-c3ccc(N4CCN(S(=O)(=O)N5CCOCC5)CC4)nc3)c12. The standard InChI is InChI=1S/C20H22N8O3S/c21-11-16-13-23-20-18(16)19(24-14-25-20)15-1-2-17(22-12-15)26-3-5-27(6-4-26)32(29,30)28-7-9-31-10-8-28/h1-2,12-14H,3-10H2,(H,23,24,25). The molecule has 0 radical (unpaired) electrons. The van der Waals surface area contributed by atoms with Crippen molar-refractivity contribution < 1.29 is 13.2 Å². The topological polar surface area (TPSA) is 131 Å². The predicted molar refractivity (Wildman–Crippen MR) is 117 cm³/mol. The van der Waals surface area contributed by atoms with E-state index in [0.717, 1.165) is 11.4 Å². The highest BCUT2D eigenvalue weighted by molar-refractivity contribution is 7.86. The Morgan fingerprint density at radius 2 is 1.75 bits per heavy atom. The van der Waals surface area contributed by atoms with Gasteiger partial charge in [0.05, 0.1) is 29.9 Å². The molecule has 12 heteroatoms. The number of nitriles is 1. The molecule has 0 spiro atoms. The zero-order valence-corrected chi connectivity index (χ0v) is 18.1. The Morgan fingerprint density at radius 3 is 2.44 bits per heavy atom. The highest BCUT2D eigenvalue weighted by Crippen LogP contribution is 2.28. The minimum atomic E-state index is -3.46. The number of morpholine rings is 1.